The van der Waals surface area contributed by atoms with Crippen molar-refractivity contribution in [3.63, 3.8) is 0 Å². The Bertz CT molecular complexity index is 733. The minimum atomic E-state index is 0. The van der Waals surface area contributed by atoms with Gasteiger partial charge >= 0.3 is 0 Å². The van der Waals surface area contributed by atoms with Crippen LogP contribution < -0.4 is 15.4 Å². The molecule has 0 bridgehead atoms. The van der Waals surface area contributed by atoms with Gasteiger partial charge in [0, 0.05) is 32.1 Å². The molecule has 27 heavy (non-hydrogen) atoms. The van der Waals surface area contributed by atoms with Crippen LogP contribution in [0, 0.1) is 13.8 Å². The average molecular weight is 487 g/mol. The van der Waals surface area contributed by atoms with E-state index < -0.39 is 0 Å². The molecule has 7 nitrogen and oxygen atoms in total. The number of hydrogen-bond donors (Lipinski definition) is 2. The first-order chi connectivity index (χ1) is 12.5. The highest BCUT2D eigenvalue weighted by molar-refractivity contribution is 14.0. The molecule has 0 saturated heterocycles. The number of benzene rings is 1. The molecule has 0 saturated carbocycles. The van der Waals surface area contributed by atoms with Crippen LogP contribution in [0.5, 0.6) is 5.75 Å². The summed E-state index contributed by atoms with van der Waals surface area (Å²) < 4.78 is 11.2. The summed E-state index contributed by atoms with van der Waals surface area (Å²) in [4.78, 5) is 8.44. The predicted molar refractivity (Wildman–Crippen MR) is 118 cm³/mol. The summed E-state index contributed by atoms with van der Waals surface area (Å²) in [5.41, 5.74) is 2.29. The molecule has 0 aliphatic heterocycles. The highest BCUT2D eigenvalue weighted by Gasteiger charge is 2.09. The Kier molecular flexibility index (Phi) is 10.1. The predicted octanol–water partition coefficient (Wildman–Crippen LogP) is 3.39. The van der Waals surface area contributed by atoms with Gasteiger partial charge in [0.1, 0.15) is 5.75 Å². The van der Waals surface area contributed by atoms with Crippen LogP contribution in [-0.4, -0.2) is 35.8 Å². The zero-order chi connectivity index (χ0) is 18.9. The lowest BCUT2D eigenvalue weighted by atomic mass is 10.1. The second-order valence-electron chi connectivity index (χ2n) is 6.29. The van der Waals surface area contributed by atoms with Crippen molar-refractivity contribution >= 4 is 29.9 Å². The summed E-state index contributed by atoms with van der Waals surface area (Å²) >= 11 is 0. The number of guanidine groups is 1. The lowest BCUT2D eigenvalue weighted by molar-refractivity contribution is 0.215. The van der Waals surface area contributed by atoms with Crippen LogP contribution in [0.4, 0.5) is 0 Å². The number of aromatic nitrogens is 2. The van der Waals surface area contributed by atoms with Crippen LogP contribution in [0.3, 0.4) is 0 Å². The smallest absolute Gasteiger partial charge is 0.228 e. The molecule has 8 heteroatoms. The zero-order valence-electron chi connectivity index (χ0n) is 16.7. The highest BCUT2D eigenvalue weighted by atomic mass is 127. The maximum Gasteiger partial charge on any atom is 0.228 e. The van der Waals surface area contributed by atoms with Gasteiger partial charge in [0.05, 0.1) is 6.10 Å². The molecule has 1 unspecified atom stereocenters. The van der Waals surface area contributed by atoms with E-state index in [2.05, 4.69) is 64.7 Å². The topological polar surface area (TPSA) is 84.6 Å². The fraction of sp³-hybridized carbons (Fsp3) is 0.526. The van der Waals surface area contributed by atoms with Crippen LogP contribution in [0.25, 0.3) is 0 Å². The second-order valence-corrected chi connectivity index (χ2v) is 6.29. The monoisotopic (exact) mass is 487 g/mol. The van der Waals surface area contributed by atoms with Crippen LogP contribution >= 0.6 is 24.0 Å². The van der Waals surface area contributed by atoms with Crippen molar-refractivity contribution in [2.75, 3.05) is 13.6 Å². The van der Waals surface area contributed by atoms with Gasteiger partial charge in [0.15, 0.2) is 11.8 Å². The molecule has 2 rings (SSSR count). The summed E-state index contributed by atoms with van der Waals surface area (Å²) in [6, 6.07) is 6.26. The molecule has 1 heterocycles. The maximum atomic E-state index is 6.05. The van der Waals surface area contributed by atoms with Gasteiger partial charge in [-0.3, -0.25) is 4.99 Å². The summed E-state index contributed by atoms with van der Waals surface area (Å²) in [7, 11) is 1.75. The lowest BCUT2D eigenvalue weighted by Crippen LogP contribution is -2.38. The SMILES string of the molecule is CCC(C)Oc1cc(C)ccc1CNC(=NC)NCCc1nc(C)no1.I. The minimum Gasteiger partial charge on any atom is -0.490 e. The van der Waals surface area contributed by atoms with Gasteiger partial charge in [-0.05, 0) is 38.8 Å². The third-order valence-electron chi connectivity index (χ3n) is 4.00. The van der Waals surface area contributed by atoms with E-state index in [4.69, 9.17) is 9.26 Å². The number of halogens is 1. The standard InChI is InChI=1S/C19H29N5O2.HI/c1-6-14(3)25-17-11-13(2)7-8-16(17)12-22-19(20-5)21-10-9-18-23-15(4)24-26-18;/h7-8,11,14H,6,9-10,12H2,1-5H3,(H2,20,21,22);1H. The molecule has 0 aliphatic rings. The van der Waals surface area contributed by atoms with Gasteiger partial charge in [-0.25, -0.2) is 0 Å². The summed E-state index contributed by atoms with van der Waals surface area (Å²) in [5.74, 6) is 2.91. The van der Waals surface area contributed by atoms with E-state index in [0.717, 1.165) is 23.7 Å². The molecule has 1 aromatic carbocycles. The van der Waals surface area contributed by atoms with Crippen LogP contribution in [0.2, 0.25) is 0 Å². The number of ether oxygens (including phenoxy) is 1. The number of hydrogen-bond acceptors (Lipinski definition) is 5. The first kappa shape index (κ1) is 23.2. The average Bonchev–Trinajstić information content (AvgIpc) is 3.04. The van der Waals surface area contributed by atoms with Gasteiger partial charge in [0.2, 0.25) is 5.89 Å². The number of aryl methyl sites for hydroxylation is 2. The van der Waals surface area contributed by atoms with Crippen molar-refractivity contribution in [1.82, 2.24) is 20.8 Å². The largest absolute Gasteiger partial charge is 0.490 e. The fourth-order valence-electron chi connectivity index (χ4n) is 2.35. The van der Waals surface area contributed by atoms with E-state index in [9.17, 15) is 0 Å². The van der Waals surface area contributed by atoms with E-state index in [0.29, 0.717) is 31.2 Å². The first-order valence-electron chi connectivity index (χ1n) is 9.01. The molecule has 0 radical (unpaired) electrons. The Labute approximate surface area is 178 Å². The van der Waals surface area contributed by atoms with Gasteiger partial charge in [-0.15, -0.1) is 24.0 Å². The van der Waals surface area contributed by atoms with Gasteiger partial charge < -0.3 is 19.9 Å². The van der Waals surface area contributed by atoms with Crippen LogP contribution in [0.15, 0.2) is 27.7 Å². The van der Waals surface area contributed by atoms with Gasteiger partial charge in [0.25, 0.3) is 0 Å². The van der Waals surface area contributed by atoms with Crippen molar-refractivity contribution in [3.05, 3.63) is 41.0 Å². The van der Waals surface area contributed by atoms with Crippen molar-refractivity contribution < 1.29 is 9.26 Å². The fourth-order valence-corrected chi connectivity index (χ4v) is 2.35. The number of nitrogens with one attached hydrogen (secondary N) is 2. The molecular formula is C19H30IN5O2. The van der Waals surface area contributed by atoms with Crippen LogP contribution in [-0.2, 0) is 13.0 Å². The van der Waals surface area contributed by atoms with E-state index >= 15 is 0 Å². The van der Waals surface area contributed by atoms with Crippen molar-refractivity contribution in [1.29, 1.82) is 0 Å². The molecule has 1 aromatic heterocycles. The zero-order valence-corrected chi connectivity index (χ0v) is 19.0. The summed E-state index contributed by atoms with van der Waals surface area (Å²) in [5, 5.41) is 10.4. The quantitative estimate of drug-likeness (QED) is 0.338. The second kappa shape index (κ2) is 11.8. The summed E-state index contributed by atoms with van der Waals surface area (Å²) in [6.07, 6.45) is 1.80. The van der Waals surface area contributed by atoms with Gasteiger partial charge in [-0.2, -0.15) is 4.98 Å². The van der Waals surface area contributed by atoms with Gasteiger partial charge in [-0.1, -0.05) is 24.2 Å². The van der Waals surface area contributed by atoms with E-state index in [1.807, 2.05) is 6.92 Å². The molecule has 0 amide bonds. The lowest BCUT2D eigenvalue weighted by Gasteiger charge is -2.18. The van der Waals surface area contributed by atoms with Crippen molar-refractivity contribution in [3.8, 4) is 5.75 Å². The van der Waals surface area contributed by atoms with Crippen molar-refractivity contribution in [2.24, 2.45) is 4.99 Å². The molecular weight excluding hydrogens is 457 g/mol. The van der Waals surface area contributed by atoms with Crippen LogP contribution in [0.1, 0.15) is 43.1 Å². The normalized spacial score (nSPS) is 12.3. The molecule has 1 atom stereocenters. The molecule has 0 aliphatic carbocycles. The van der Waals surface area contributed by atoms with E-state index in [1.54, 1.807) is 7.05 Å². The third-order valence-corrected chi connectivity index (χ3v) is 4.00. The molecule has 0 fully saturated rings. The number of nitrogens with zero attached hydrogens (tertiary/aromatic N) is 3. The summed E-state index contributed by atoms with van der Waals surface area (Å²) in [6.45, 7) is 9.37. The highest BCUT2D eigenvalue weighted by Crippen LogP contribution is 2.22. The Hall–Kier alpha value is -1.84. The maximum absolute atomic E-state index is 6.05. The Balaban J connectivity index is 0.00000364. The Morgan fingerprint density at radius 3 is 2.70 bits per heavy atom. The molecule has 0 spiro atoms. The number of aliphatic imine (C=N–C) groups is 1. The Morgan fingerprint density at radius 2 is 2.07 bits per heavy atom. The molecule has 2 N–H and O–H groups in total. The Morgan fingerprint density at radius 1 is 1.30 bits per heavy atom. The third kappa shape index (κ3) is 7.74. The molecule has 2 aromatic rings. The van der Waals surface area contributed by atoms with Crippen molar-refractivity contribution in [2.45, 2.75) is 53.2 Å². The molecule has 150 valence electrons. The van der Waals surface area contributed by atoms with E-state index in [1.165, 1.54) is 5.56 Å². The first-order valence-corrected chi connectivity index (χ1v) is 9.01. The van der Waals surface area contributed by atoms with E-state index in [-0.39, 0.29) is 30.1 Å². The minimum absolute atomic E-state index is 0. The number of rotatable bonds is 8.